The molecule has 2 heteroatoms. The molecule has 0 bridgehead atoms. The number of benzene rings is 1. The van der Waals surface area contributed by atoms with Gasteiger partial charge in [0.1, 0.15) is 0 Å². The Bertz CT molecular complexity index is 569. The molecule has 1 unspecified atom stereocenters. The zero-order valence-corrected chi connectivity index (χ0v) is 11.2. The molecule has 2 nitrogen and oxygen atoms in total. The number of fused-ring (bicyclic) bond motifs is 1. The van der Waals surface area contributed by atoms with E-state index in [1.54, 1.807) is 0 Å². The smallest absolute Gasteiger partial charge is 0.0947 e. The van der Waals surface area contributed by atoms with Gasteiger partial charge in [-0.1, -0.05) is 32.8 Å². The van der Waals surface area contributed by atoms with Gasteiger partial charge >= 0.3 is 0 Å². The average molecular weight is 243 g/mol. The van der Waals surface area contributed by atoms with Crippen molar-refractivity contribution in [3.05, 3.63) is 36.0 Å². The van der Waals surface area contributed by atoms with E-state index in [9.17, 15) is 5.11 Å². The number of aliphatic hydroxyl groups is 1. The molecule has 1 aromatic heterocycles. The predicted octanol–water partition coefficient (Wildman–Crippen LogP) is 3.96. The first kappa shape index (κ1) is 11.8. The molecule has 2 aromatic rings. The van der Waals surface area contributed by atoms with Gasteiger partial charge < -0.3 is 10.1 Å². The molecule has 1 aliphatic carbocycles. The van der Waals surface area contributed by atoms with E-state index in [0.29, 0.717) is 0 Å². The maximum absolute atomic E-state index is 11.2. The van der Waals surface area contributed by atoms with Crippen molar-refractivity contribution in [3.8, 4) is 0 Å². The van der Waals surface area contributed by atoms with Gasteiger partial charge in [0.2, 0.25) is 0 Å². The molecule has 0 aliphatic heterocycles. The van der Waals surface area contributed by atoms with Crippen LogP contribution in [0.15, 0.2) is 30.5 Å². The topological polar surface area (TPSA) is 36.0 Å². The van der Waals surface area contributed by atoms with E-state index in [4.69, 9.17) is 0 Å². The van der Waals surface area contributed by atoms with Crippen molar-refractivity contribution < 1.29 is 5.11 Å². The number of hydrogen-bond acceptors (Lipinski definition) is 1. The van der Waals surface area contributed by atoms with Crippen LogP contribution >= 0.6 is 0 Å². The Hall–Kier alpha value is -1.28. The van der Waals surface area contributed by atoms with Crippen LogP contribution in [0.3, 0.4) is 0 Å². The van der Waals surface area contributed by atoms with E-state index in [0.717, 1.165) is 30.3 Å². The van der Waals surface area contributed by atoms with Gasteiger partial charge in [0.25, 0.3) is 0 Å². The molecule has 2 N–H and O–H groups in total. The zero-order valence-electron chi connectivity index (χ0n) is 11.2. The highest BCUT2D eigenvalue weighted by atomic mass is 16.3. The molecule has 0 saturated heterocycles. The van der Waals surface area contributed by atoms with Gasteiger partial charge in [-0.15, -0.1) is 0 Å². The third kappa shape index (κ3) is 1.59. The van der Waals surface area contributed by atoms with Gasteiger partial charge in [0.05, 0.1) is 5.60 Å². The number of H-pyrrole nitrogens is 1. The number of hydrogen-bond donors (Lipinski definition) is 2. The lowest BCUT2D eigenvalue weighted by atomic mass is 9.62. The van der Waals surface area contributed by atoms with E-state index >= 15 is 0 Å². The SMILES string of the molecule is CC1(C)CCCCC1(O)c1ccc2[nH]ccc2c1. The van der Waals surface area contributed by atoms with Crippen LogP contribution in [0.5, 0.6) is 0 Å². The van der Waals surface area contributed by atoms with Crippen molar-refractivity contribution in [2.24, 2.45) is 5.41 Å². The summed E-state index contributed by atoms with van der Waals surface area (Å²) in [6, 6.07) is 8.36. The molecule has 0 amide bonds. The van der Waals surface area contributed by atoms with E-state index in [-0.39, 0.29) is 5.41 Å². The minimum Gasteiger partial charge on any atom is -0.385 e. The van der Waals surface area contributed by atoms with Crippen LogP contribution < -0.4 is 0 Å². The van der Waals surface area contributed by atoms with Gasteiger partial charge in [-0.25, -0.2) is 0 Å². The fourth-order valence-electron chi connectivity index (χ4n) is 3.34. The van der Waals surface area contributed by atoms with Crippen molar-refractivity contribution in [3.63, 3.8) is 0 Å². The van der Waals surface area contributed by atoms with E-state index in [2.05, 4.69) is 43.1 Å². The van der Waals surface area contributed by atoms with Gasteiger partial charge in [0, 0.05) is 11.7 Å². The van der Waals surface area contributed by atoms with Crippen molar-refractivity contribution in [2.75, 3.05) is 0 Å². The second-order valence-electron chi connectivity index (χ2n) is 6.23. The van der Waals surface area contributed by atoms with Gasteiger partial charge in [-0.2, -0.15) is 0 Å². The molecule has 0 spiro atoms. The second kappa shape index (κ2) is 3.86. The maximum atomic E-state index is 11.2. The molecule has 96 valence electrons. The first-order valence-electron chi connectivity index (χ1n) is 6.83. The number of nitrogens with one attached hydrogen (secondary N) is 1. The number of rotatable bonds is 1. The molecule has 1 heterocycles. The first-order chi connectivity index (χ1) is 8.53. The highest BCUT2D eigenvalue weighted by molar-refractivity contribution is 5.80. The molecule has 18 heavy (non-hydrogen) atoms. The highest BCUT2D eigenvalue weighted by Gasteiger charge is 2.46. The van der Waals surface area contributed by atoms with Crippen LogP contribution in [-0.4, -0.2) is 10.1 Å². The summed E-state index contributed by atoms with van der Waals surface area (Å²) in [6.07, 6.45) is 6.25. The zero-order chi connectivity index (χ0) is 12.8. The molecule has 1 fully saturated rings. The highest BCUT2D eigenvalue weighted by Crippen LogP contribution is 2.50. The molecular weight excluding hydrogens is 222 g/mol. The predicted molar refractivity (Wildman–Crippen MR) is 74.4 cm³/mol. The summed E-state index contributed by atoms with van der Waals surface area (Å²) < 4.78 is 0. The summed E-state index contributed by atoms with van der Waals surface area (Å²) in [4.78, 5) is 3.20. The number of aromatic amines is 1. The van der Waals surface area contributed by atoms with Gasteiger partial charge in [0.15, 0.2) is 0 Å². The van der Waals surface area contributed by atoms with Gasteiger partial charge in [-0.05, 0) is 47.4 Å². The first-order valence-corrected chi connectivity index (χ1v) is 6.83. The Kier molecular flexibility index (Phi) is 2.53. The lowest BCUT2D eigenvalue weighted by Gasteiger charge is -2.47. The molecule has 0 radical (unpaired) electrons. The van der Waals surface area contributed by atoms with Crippen molar-refractivity contribution >= 4 is 10.9 Å². The van der Waals surface area contributed by atoms with Crippen molar-refractivity contribution in [1.29, 1.82) is 0 Å². The second-order valence-corrected chi connectivity index (χ2v) is 6.23. The summed E-state index contributed by atoms with van der Waals surface area (Å²) >= 11 is 0. The molecule has 1 aliphatic rings. The molecule has 1 aromatic carbocycles. The molecule has 1 atom stereocenters. The minimum atomic E-state index is -0.684. The summed E-state index contributed by atoms with van der Waals surface area (Å²) in [7, 11) is 0. The average Bonchev–Trinajstić information content (AvgIpc) is 2.80. The van der Waals surface area contributed by atoms with E-state index < -0.39 is 5.60 Å². The quantitative estimate of drug-likeness (QED) is 0.781. The van der Waals surface area contributed by atoms with Crippen LogP contribution in [0, 0.1) is 5.41 Å². The monoisotopic (exact) mass is 243 g/mol. The Balaban J connectivity index is 2.11. The Morgan fingerprint density at radius 2 is 1.89 bits per heavy atom. The van der Waals surface area contributed by atoms with Crippen LogP contribution in [-0.2, 0) is 5.60 Å². The summed E-state index contributed by atoms with van der Waals surface area (Å²) in [5.41, 5.74) is 1.47. The molecular formula is C16H21NO. The third-order valence-corrected chi connectivity index (χ3v) is 4.74. The van der Waals surface area contributed by atoms with E-state index in [1.165, 1.54) is 11.8 Å². The lowest BCUT2D eigenvalue weighted by Crippen LogP contribution is -2.44. The van der Waals surface area contributed by atoms with Crippen LogP contribution in [0.25, 0.3) is 10.9 Å². The normalized spacial score (nSPS) is 27.5. The third-order valence-electron chi connectivity index (χ3n) is 4.74. The Morgan fingerprint density at radius 3 is 2.67 bits per heavy atom. The van der Waals surface area contributed by atoms with Crippen LogP contribution in [0.2, 0.25) is 0 Å². The maximum Gasteiger partial charge on any atom is 0.0947 e. The molecule has 3 rings (SSSR count). The van der Waals surface area contributed by atoms with E-state index in [1.807, 2.05) is 6.20 Å². The Labute approximate surface area is 108 Å². The molecule has 1 saturated carbocycles. The Morgan fingerprint density at radius 1 is 1.11 bits per heavy atom. The summed E-state index contributed by atoms with van der Waals surface area (Å²) in [6.45, 7) is 4.38. The summed E-state index contributed by atoms with van der Waals surface area (Å²) in [5, 5.41) is 12.3. The largest absolute Gasteiger partial charge is 0.385 e. The summed E-state index contributed by atoms with van der Waals surface area (Å²) in [5.74, 6) is 0. The van der Waals surface area contributed by atoms with Gasteiger partial charge in [-0.3, -0.25) is 0 Å². The van der Waals surface area contributed by atoms with Crippen LogP contribution in [0.1, 0.15) is 45.1 Å². The van der Waals surface area contributed by atoms with Crippen molar-refractivity contribution in [1.82, 2.24) is 4.98 Å². The fourth-order valence-corrected chi connectivity index (χ4v) is 3.34. The standard InChI is InChI=1S/C16H21NO/c1-15(2)8-3-4-9-16(15,18)13-5-6-14-12(11-13)7-10-17-14/h5-7,10-11,17-18H,3-4,8-9H2,1-2H3. The number of aromatic nitrogens is 1. The lowest BCUT2D eigenvalue weighted by molar-refractivity contribution is -0.103. The minimum absolute atomic E-state index is 0.0464. The van der Waals surface area contributed by atoms with Crippen LogP contribution in [0.4, 0.5) is 0 Å². The van der Waals surface area contributed by atoms with Crippen molar-refractivity contribution in [2.45, 2.75) is 45.1 Å². The fraction of sp³-hybridized carbons (Fsp3) is 0.500.